The lowest BCUT2D eigenvalue weighted by Crippen LogP contribution is -2.20. The van der Waals surface area contributed by atoms with Crippen molar-refractivity contribution in [3.05, 3.63) is 87.9 Å². The Morgan fingerprint density at radius 2 is 1.29 bits per heavy atom. The third kappa shape index (κ3) is 13.1. The number of unbranched alkanes of at least 4 members (excludes halogenated alkanes) is 3. The van der Waals surface area contributed by atoms with Crippen LogP contribution in [-0.2, 0) is 25.7 Å². The Balaban J connectivity index is 0.00000420. The summed E-state index contributed by atoms with van der Waals surface area (Å²) in [5.41, 5.74) is 5.12. The minimum absolute atomic E-state index is 0. The molecule has 3 aromatic carbocycles. The first-order chi connectivity index (χ1) is 19.1. The molecule has 0 fully saturated rings. The highest BCUT2D eigenvalue weighted by Gasteiger charge is 2.15. The summed E-state index contributed by atoms with van der Waals surface area (Å²) in [7, 11) is 5.13. The van der Waals surface area contributed by atoms with Gasteiger partial charge in [-0.05, 0) is 112 Å². The van der Waals surface area contributed by atoms with Crippen molar-refractivity contribution in [3.8, 4) is 17.2 Å². The van der Waals surface area contributed by atoms with Crippen molar-refractivity contribution in [2.45, 2.75) is 51.4 Å². The number of aryl methyl sites for hydroxylation is 1. The first kappa shape index (κ1) is 36.9. The maximum Gasteiger partial charge on any atom is 0.164 e. The third-order valence-electron chi connectivity index (χ3n) is 7.08. The van der Waals surface area contributed by atoms with E-state index in [1.807, 2.05) is 30.3 Å². The summed E-state index contributed by atoms with van der Waals surface area (Å²) in [5, 5.41) is 7.99. The Morgan fingerprint density at radius 3 is 1.93 bits per heavy atom. The van der Waals surface area contributed by atoms with E-state index in [9.17, 15) is 0 Å². The van der Waals surface area contributed by atoms with Gasteiger partial charge in [-0.25, -0.2) is 0 Å². The van der Waals surface area contributed by atoms with Gasteiger partial charge >= 0.3 is 0 Å². The van der Waals surface area contributed by atoms with Crippen LogP contribution in [0.4, 0.5) is 0 Å². The van der Waals surface area contributed by atoms with E-state index in [2.05, 4.69) is 41.0 Å². The fourth-order valence-electron chi connectivity index (χ4n) is 4.85. The molecule has 0 aliphatic heterocycles. The van der Waals surface area contributed by atoms with E-state index in [4.69, 9.17) is 25.8 Å². The van der Waals surface area contributed by atoms with Crippen LogP contribution in [0.25, 0.3) is 0 Å². The monoisotopic (exact) mass is 624 g/mol. The van der Waals surface area contributed by atoms with Crippen LogP contribution in [0.3, 0.4) is 0 Å². The molecule has 0 saturated carbocycles. The van der Waals surface area contributed by atoms with E-state index in [-0.39, 0.29) is 24.8 Å². The van der Waals surface area contributed by atoms with Gasteiger partial charge in [-0.1, -0.05) is 54.8 Å². The standard InChI is InChI=1S/C33H45ClN2O3.2ClH/c1-37-30-10-8-9-27(25-30)13-17-31-28(14-18-32(38-2)33(31)39-3)20-24-36-22-7-5-4-6-21-35-23-19-26-11-15-29(34)16-12-26;;/h8-12,14-16,18,25,35-36H,4-7,13,17,19-24H2,1-3H3;2*1H. The van der Waals surface area contributed by atoms with Crippen LogP contribution in [0.1, 0.15) is 47.9 Å². The molecule has 0 aliphatic rings. The number of methoxy groups -OCH3 is 3. The fourth-order valence-corrected chi connectivity index (χ4v) is 4.97. The first-order valence-corrected chi connectivity index (χ1v) is 14.5. The van der Waals surface area contributed by atoms with Crippen molar-refractivity contribution in [1.82, 2.24) is 10.6 Å². The first-order valence-electron chi connectivity index (χ1n) is 14.2. The maximum absolute atomic E-state index is 5.95. The van der Waals surface area contributed by atoms with Gasteiger partial charge in [0.15, 0.2) is 11.5 Å². The van der Waals surface area contributed by atoms with Crippen LogP contribution >= 0.6 is 36.4 Å². The normalized spacial score (nSPS) is 10.4. The number of hydrogen-bond acceptors (Lipinski definition) is 5. The zero-order valence-electron chi connectivity index (χ0n) is 24.7. The summed E-state index contributed by atoms with van der Waals surface area (Å²) in [6.45, 7) is 4.10. The predicted octanol–water partition coefficient (Wildman–Crippen LogP) is 7.52. The molecular formula is C33H47Cl3N2O3. The van der Waals surface area contributed by atoms with Crippen LogP contribution in [0.5, 0.6) is 17.2 Å². The lowest BCUT2D eigenvalue weighted by Gasteiger charge is -2.17. The fraction of sp³-hybridized carbons (Fsp3) is 0.455. The van der Waals surface area contributed by atoms with Gasteiger partial charge < -0.3 is 24.8 Å². The van der Waals surface area contributed by atoms with Crippen molar-refractivity contribution in [3.63, 3.8) is 0 Å². The molecule has 0 spiro atoms. The minimum atomic E-state index is 0. The van der Waals surface area contributed by atoms with Gasteiger partial charge in [0, 0.05) is 10.6 Å². The Morgan fingerprint density at radius 1 is 0.610 bits per heavy atom. The van der Waals surface area contributed by atoms with Gasteiger partial charge in [-0.15, -0.1) is 24.8 Å². The third-order valence-corrected chi connectivity index (χ3v) is 7.33. The number of rotatable bonds is 19. The number of nitrogens with one attached hydrogen (secondary N) is 2. The molecule has 0 amide bonds. The molecule has 0 atom stereocenters. The predicted molar refractivity (Wildman–Crippen MR) is 178 cm³/mol. The van der Waals surface area contributed by atoms with Gasteiger partial charge in [0.05, 0.1) is 21.3 Å². The highest BCUT2D eigenvalue weighted by atomic mass is 35.5. The summed E-state index contributed by atoms with van der Waals surface area (Å²) in [6, 6.07) is 20.6. The SMILES string of the molecule is COc1cccc(CCc2c(CCNCCCCCCNCCc3ccc(Cl)cc3)ccc(OC)c2OC)c1.Cl.Cl. The molecule has 3 rings (SSSR count). The summed E-state index contributed by atoms with van der Waals surface area (Å²) < 4.78 is 16.8. The van der Waals surface area contributed by atoms with E-state index in [1.165, 1.54) is 47.9 Å². The zero-order chi connectivity index (χ0) is 27.7. The lowest BCUT2D eigenvalue weighted by molar-refractivity contribution is 0.351. The summed E-state index contributed by atoms with van der Waals surface area (Å²) in [5.74, 6) is 2.52. The molecule has 8 heteroatoms. The second-order valence-corrected chi connectivity index (χ2v) is 10.3. The van der Waals surface area contributed by atoms with Crippen LogP contribution in [0, 0.1) is 0 Å². The smallest absolute Gasteiger partial charge is 0.164 e. The van der Waals surface area contributed by atoms with E-state index < -0.39 is 0 Å². The van der Waals surface area contributed by atoms with Crippen LogP contribution in [-0.4, -0.2) is 47.5 Å². The average molecular weight is 626 g/mol. The molecule has 228 valence electrons. The Labute approximate surface area is 264 Å². The number of ether oxygens (including phenoxy) is 3. The molecule has 0 aromatic heterocycles. The topological polar surface area (TPSA) is 51.8 Å². The van der Waals surface area contributed by atoms with Gasteiger partial charge in [0.1, 0.15) is 5.75 Å². The molecule has 0 unspecified atom stereocenters. The quantitative estimate of drug-likeness (QED) is 0.135. The molecule has 0 bridgehead atoms. The molecule has 0 radical (unpaired) electrons. The molecule has 0 aliphatic carbocycles. The van der Waals surface area contributed by atoms with E-state index in [0.717, 1.165) is 74.1 Å². The van der Waals surface area contributed by atoms with Crippen molar-refractivity contribution >= 4 is 36.4 Å². The highest BCUT2D eigenvalue weighted by Crippen LogP contribution is 2.34. The van der Waals surface area contributed by atoms with E-state index in [0.29, 0.717) is 0 Å². The maximum atomic E-state index is 5.95. The Kier molecular flexibility index (Phi) is 19.4. The molecule has 41 heavy (non-hydrogen) atoms. The molecule has 0 saturated heterocycles. The molecule has 2 N–H and O–H groups in total. The Bertz CT molecular complexity index is 1110. The van der Waals surface area contributed by atoms with Gasteiger partial charge in [-0.2, -0.15) is 0 Å². The summed E-state index contributed by atoms with van der Waals surface area (Å²) in [4.78, 5) is 0. The molecular weight excluding hydrogens is 579 g/mol. The van der Waals surface area contributed by atoms with Crippen molar-refractivity contribution in [2.24, 2.45) is 0 Å². The number of hydrogen-bond donors (Lipinski definition) is 2. The van der Waals surface area contributed by atoms with E-state index in [1.54, 1.807) is 21.3 Å². The van der Waals surface area contributed by atoms with Crippen LogP contribution in [0.2, 0.25) is 5.02 Å². The summed E-state index contributed by atoms with van der Waals surface area (Å²) >= 11 is 5.95. The lowest BCUT2D eigenvalue weighted by atomic mass is 9.96. The van der Waals surface area contributed by atoms with Gasteiger partial charge in [0.25, 0.3) is 0 Å². The van der Waals surface area contributed by atoms with E-state index >= 15 is 0 Å². The molecule has 3 aromatic rings. The Hall–Kier alpha value is -2.15. The van der Waals surface area contributed by atoms with Crippen molar-refractivity contribution < 1.29 is 14.2 Å². The zero-order valence-corrected chi connectivity index (χ0v) is 27.1. The number of benzene rings is 3. The average Bonchev–Trinajstić information content (AvgIpc) is 2.97. The highest BCUT2D eigenvalue weighted by molar-refractivity contribution is 6.30. The summed E-state index contributed by atoms with van der Waals surface area (Å²) in [6.07, 6.45) is 8.76. The second-order valence-electron chi connectivity index (χ2n) is 9.83. The largest absolute Gasteiger partial charge is 0.497 e. The minimum Gasteiger partial charge on any atom is -0.497 e. The van der Waals surface area contributed by atoms with Gasteiger partial charge in [-0.3, -0.25) is 0 Å². The van der Waals surface area contributed by atoms with Crippen molar-refractivity contribution in [2.75, 3.05) is 47.5 Å². The number of halogens is 3. The second kappa shape index (κ2) is 21.5. The molecule has 0 heterocycles. The van der Waals surface area contributed by atoms with Crippen LogP contribution in [0.15, 0.2) is 60.7 Å². The molecule has 5 nitrogen and oxygen atoms in total. The van der Waals surface area contributed by atoms with Gasteiger partial charge in [0.2, 0.25) is 0 Å². The van der Waals surface area contributed by atoms with Crippen molar-refractivity contribution in [1.29, 1.82) is 0 Å². The van der Waals surface area contributed by atoms with Crippen LogP contribution < -0.4 is 24.8 Å².